The second-order valence-corrected chi connectivity index (χ2v) is 6.55. The summed E-state index contributed by atoms with van der Waals surface area (Å²) in [6, 6.07) is 4.82. The Morgan fingerprint density at radius 2 is 2.00 bits per heavy atom. The largest absolute Gasteiger partial charge is 0.444 e. The van der Waals surface area contributed by atoms with Crippen molar-refractivity contribution in [2.24, 2.45) is 0 Å². The molecule has 7 heteroatoms. The molecule has 0 saturated heterocycles. The lowest BCUT2D eigenvalue weighted by Gasteiger charge is -2.22. The van der Waals surface area contributed by atoms with Crippen molar-refractivity contribution < 1.29 is 19.7 Å². The molecule has 0 spiro atoms. The predicted octanol–water partition coefficient (Wildman–Crippen LogP) is 3.00. The fourth-order valence-electron chi connectivity index (χ4n) is 1.72. The minimum absolute atomic E-state index is 0.144. The molecular formula is C15H21Cl2NO4. The van der Waals surface area contributed by atoms with Crippen LogP contribution < -0.4 is 5.32 Å². The third-order valence-electron chi connectivity index (χ3n) is 2.77. The number of aliphatic hydroxyl groups is 2. The molecule has 22 heavy (non-hydrogen) atoms. The van der Waals surface area contributed by atoms with Gasteiger partial charge in [0.05, 0.1) is 0 Å². The van der Waals surface area contributed by atoms with Crippen LogP contribution in [0.5, 0.6) is 0 Å². The molecule has 3 N–H and O–H groups in total. The van der Waals surface area contributed by atoms with Gasteiger partial charge in [0.25, 0.3) is 0 Å². The molecule has 2 unspecified atom stereocenters. The Bertz CT molecular complexity index is 517. The number of alkyl carbamates (subject to hydrolysis) is 1. The zero-order valence-corrected chi connectivity index (χ0v) is 14.3. The van der Waals surface area contributed by atoms with Crippen molar-refractivity contribution >= 4 is 29.3 Å². The van der Waals surface area contributed by atoms with Gasteiger partial charge in [0.2, 0.25) is 0 Å². The third-order valence-corrected chi connectivity index (χ3v) is 3.43. The number of rotatable bonds is 5. The molecule has 2 atom stereocenters. The summed E-state index contributed by atoms with van der Waals surface area (Å²) in [5.74, 6) is 0.200. The van der Waals surface area contributed by atoms with Crippen LogP contribution in [-0.4, -0.2) is 34.6 Å². The molecule has 1 aromatic rings. The second kappa shape index (κ2) is 8.02. The number of halogens is 2. The molecule has 0 heterocycles. The Hall–Kier alpha value is -1.01. The summed E-state index contributed by atoms with van der Waals surface area (Å²) in [5.41, 5.74) is 0.504. The topological polar surface area (TPSA) is 78.8 Å². The number of ether oxygens (including phenoxy) is 1. The van der Waals surface area contributed by atoms with Crippen LogP contribution in [0.2, 0.25) is 5.02 Å². The monoisotopic (exact) mass is 349 g/mol. The summed E-state index contributed by atoms with van der Waals surface area (Å²) in [6.45, 7) is 5.06. The van der Waals surface area contributed by atoms with Gasteiger partial charge in [-0.15, -0.1) is 11.6 Å². The number of carbonyl (C=O) groups excluding carboxylic acids is 1. The smallest absolute Gasteiger partial charge is 0.407 e. The van der Waals surface area contributed by atoms with E-state index in [2.05, 4.69) is 5.32 Å². The molecule has 1 rings (SSSR count). The van der Waals surface area contributed by atoms with Gasteiger partial charge >= 0.3 is 6.09 Å². The van der Waals surface area contributed by atoms with E-state index in [1.807, 2.05) is 0 Å². The third kappa shape index (κ3) is 6.01. The van der Waals surface area contributed by atoms with E-state index in [4.69, 9.17) is 27.9 Å². The van der Waals surface area contributed by atoms with Gasteiger partial charge in [0, 0.05) is 17.4 Å². The fourth-order valence-corrected chi connectivity index (χ4v) is 2.19. The van der Waals surface area contributed by atoms with Gasteiger partial charge in [-0.1, -0.05) is 23.7 Å². The molecule has 0 bridgehead atoms. The molecule has 0 radical (unpaired) electrons. The molecule has 0 aliphatic carbocycles. The maximum Gasteiger partial charge on any atom is 0.407 e. The Kier molecular flexibility index (Phi) is 6.94. The quantitative estimate of drug-likeness (QED) is 0.714. The molecule has 1 amide bonds. The van der Waals surface area contributed by atoms with Crippen LogP contribution in [0.15, 0.2) is 18.2 Å². The van der Waals surface area contributed by atoms with Crippen molar-refractivity contribution in [3.05, 3.63) is 34.3 Å². The molecule has 1 aromatic carbocycles. The lowest BCUT2D eigenvalue weighted by molar-refractivity contribution is 0.0129. The predicted molar refractivity (Wildman–Crippen MR) is 86.2 cm³/mol. The van der Waals surface area contributed by atoms with E-state index in [9.17, 15) is 15.0 Å². The van der Waals surface area contributed by atoms with Gasteiger partial charge in [-0.2, -0.15) is 0 Å². The lowest BCUT2D eigenvalue weighted by atomic mass is 10.0. The van der Waals surface area contributed by atoms with Gasteiger partial charge in [-0.25, -0.2) is 4.79 Å². The Morgan fingerprint density at radius 3 is 2.55 bits per heavy atom. The number of benzene rings is 1. The molecule has 0 aromatic heterocycles. The molecule has 5 nitrogen and oxygen atoms in total. The summed E-state index contributed by atoms with van der Waals surface area (Å²) >= 11 is 11.7. The van der Waals surface area contributed by atoms with Gasteiger partial charge in [-0.05, 0) is 38.0 Å². The first-order valence-electron chi connectivity index (χ1n) is 6.81. The average molecular weight is 350 g/mol. The van der Waals surface area contributed by atoms with Crippen molar-refractivity contribution in [2.75, 3.05) is 6.54 Å². The highest BCUT2D eigenvalue weighted by atomic mass is 35.5. The lowest BCUT2D eigenvalue weighted by Crippen LogP contribution is -2.38. The van der Waals surface area contributed by atoms with E-state index in [0.717, 1.165) is 0 Å². The van der Waals surface area contributed by atoms with E-state index >= 15 is 0 Å². The number of amides is 1. The summed E-state index contributed by atoms with van der Waals surface area (Å²) in [6.07, 6.45) is -3.01. The first kappa shape index (κ1) is 19.0. The molecule has 0 aliphatic rings. The highest BCUT2D eigenvalue weighted by Gasteiger charge is 2.22. The molecule has 0 aliphatic heterocycles. The number of carbonyl (C=O) groups is 1. The van der Waals surface area contributed by atoms with Crippen LogP contribution in [0.1, 0.15) is 38.0 Å². The van der Waals surface area contributed by atoms with Crippen LogP contribution in [0.3, 0.4) is 0 Å². The average Bonchev–Trinajstić information content (AvgIpc) is 2.42. The SMILES string of the molecule is CC(C)(C)OC(=O)NCC(O)C(O)c1ccc(Cl)c(CCl)c1. The number of hydrogen-bond donors (Lipinski definition) is 3. The molecule has 124 valence electrons. The van der Waals surface area contributed by atoms with E-state index < -0.39 is 23.9 Å². The molecule has 0 fully saturated rings. The van der Waals surface area contributed by atoms with Crippen LogP contribution in [0, 0.1) is 0 Å². The first-order valence-corrected chi connectivity index (χ1v) is 7.72. The Morgan fingerprint density at radius 1 is 1.36 bits per heavy atom. The molecule has 0 saturated carbocycles. The van der Waals surface area contributed by atoms with Gasteiger partial charge in [-0.3, -0.25) is 0 Å². The van der Waals surface area contributed by atoms with Crippen molar-refractivity contribution in [1.29, 1.82) is 0 Å². The minimum atomic E-state index is -1.18. The van der Waals surface area contributed by atoms with Gasteiger partial charge in [0.1, 0.15) is 17.8 Å². The number of hydrogen-bond acceptors (Lipinski definition) is 4. The zero-order chi connectivity index (χ0) is 16.9. The second-order valence-electron chi connectivity index (χ2n) is 5.88. The van der Waals surface area contributed by atoms with Crippen molar-refractivity contribution in [1.82, 2.24) is 5.32 Å². The maximum absolute atomic E-state index is 11.5. The normalized spacial score (nSPS) is 14.3. The number of nitrogens with one attached hydrogen (secondary N) is 1. The van der Waals surface area contributed by atoms with Crippen LogP contribution in [0.4, 0.5) is 4.79 Å². The van der Waals surface area contributed by atoms with E-state index in [1.165, 1.54) is 0 Å². The summed E-state index contributed by atoms with van der Waals surface area (Å²) < 4.78 is 5.05. The Labute approximate surface area is 140 Å². The van der Waals surface area contributed by atoms with E-state index in [0.29, 0.717) is 16.1 Å². The minimum Gasteiger partial charge on any atom is -0.444 e. The first-order chi connectivity index (χ1) is 10.1. The summed E-state index contributed by atoms with van der Waals surface area (Å²) in [7, 11) is 0. The van der Waals surface area contributed by atoms with E-state index in [1.54, 1.807) is 39.0 Å². The zero-order valence-electron chi connectivity index (χ0n) is 12.8. The van der Waals surface area contributed by atoms with E-state index in [-0.39, 0.29) is 12.4 Å². The van der Waals surface area contributed by atoms with Crippen LogP contribution in [-0.2, 0) is 10.6 Å². The van der Waals surface area contributed by atoms with Crippen molar-refractivity contribution in [3.8, 4) is 0 Å². The standard InChI is InChI=1S/C15H21Cl2NO4/c1-15(2,3)22-14(21)18-8-12(19)13(20)9-4-5-11(17)10(6-9)7-16/h4-6,12-13,19-20H,7-8H2,1-3H3,(H,18,21). The van der Waals surface area contributed by atoms with Crippen LogP contribution >= 0.6 is 23.2 Å². The van der Waals surface area contributed by atoms with Crippen molar-refractivity contribution in [3.63, 3.8) is 0 Å². The highest BCUT2D eigenvalue weighted by molar-refractivity contribution is 6.32. The Balaban J connectivity index is 2.62. The van der Waals surface area contributed by atoms with Gasteiger partial charge in [0.15, 0.2) is 0 Å². The van der Waals surface area contributed by atoms with Crippen molar-refractivity contribution in [2.45, 2.75) is 44.5 Å². The highest BCUT2D eigenvalue weighted by Crippen LogP contribution is 2.24. The summed E-state index contributed by atoms with van der Waals surface area (Å²) in [4.78, 5) is 11.5. The summed E-state index contributed by atoms with van der Waals surface area (Å²) in [5, 5.41) is 23.0. The number of aliphatic hydroxyl groups excluding tert-OH is 2. The molecular weight excluding hydrogens is 329 g/mol. The van der Waals surface area contributed by atoms with Gasteiger partial charge < -0.3 is 20.3 Å². The number of alkyl halides is 1. The fraction of sp³-hybridized carbons (Fsp3) is 0.533. The van der Waals surface area contributed by atoms with Crippen LogP contribution in [0.25, 0.3) is 0 Å². The maximum atomic E-state index is 11.5.